The summed E-state index contributed by atoms with van der Waals surface area (Å²) < 4.78 is 0. The van der Waals surface area contributed by atoms with Crippen LogP contribution >= 0.6 is 37.2 Å². The lowest BCUT2D eigenvalue weighted by molar-refractivity contribution is -0.170. The Morgan fingerprint density at radius 3 is 1.19 bits per heavy atom. The first-order valence-corrected chi connectivity index (χ1v) is 3.17. The fraction of sp³-hybridized carbons (Fsp3) is 0.500. The molecule has 0 aromatic rings. The van der Waals surface area contributed by atoms with Gasteiger partial charge in [-0.05, 0) is 0 Å². The van der Waals surface area contributed by atoms with Crippen molar-refractivity contribution in [2.45, 2.75) is 18.4 Å². The van der Waals surface area contributed by atoms with Crippen LogP contribution in [-0.2, 0) is 14.4 Å². The molecule has 0 aromatic heterocycles. The van der Waals surface area contributed by atoms with E-state index in [1.54, 1.807) is 0 Å². The molecule has 0 spiro atoms. The molecule has 0 heterocycles. The molecule has 0 atom stereocenters. The number of halogens is 3. The normalized spacial score (nSPS) is 8.81. The van der Waals surface area contributed by atoms with E-state index in [2.05, 4.69) is 0 Å². The number of hydrogen-bond acceptors (Lipinski definition) is 4. The first-order chi connectivity index (χ1) is 5.78. The lowest BCUT2D eigenvalue weighted by atomic mass is 9.96. The van der Waals surface area contributed by atoms with E-state index in [1.807, 2.05) is 0 Å². The predicted octanol–water partition coefficient (Wildman–Crippen LogP) is 0.0169. The minimum atomic E-state index is -2.74. The zero-order chi connectivity index (χ0) is 10.6. The van der Waals surface area contributed by atoms with E-state index in [-0.39, 0.29) is 37.2 Å². The molecule has 0 bridgehead atoms. The van der Waals surface area contributed by atoms with Gasteiger partial charge in [-0.1, -0.05) is 0 Å². The molecular formula is C6H11Cl3O7. The highest BCUT2D eigenvalue weighted by Gasteiger charge is 2.40. The van der Waals surface area contributed by atoms with Gasteiger partial charge >= 0.3 is 17.9 Å². The number of aliphatic carboxylic acids is 3. The maximum absolute atomic E-state index is 10.3. The molecule has 0 aliphatic heterocycles. The summed E-state index contributed by atoms with van der Waals surface area (Å²) in [5.41, 5.74) is -2.74. The Kier molecular flexibility index (Phi) is 14.5. The van der Waals surface area contributed by atoms with Crippen LogP contribution in [0.15, 0.2) is 0 Å². The van der Waals surface area contributed by atoms with E-state index in [1.165, 1.54) is 0 Å². The summed E-state index contributed by atoms with van der Waals surface area (Å²) in [6, 6.07) is 0. The second-order valence-corrected chi connectivity index (χ2v) is 2.48. The second kappa shape index (κ2) is 9.46. The fourth-order valence-electron chi connectivity index (χ4n) is 0.714. The summed E-state index contributed by atoms with van der Waals surface area (Å²) in [4.78, 5) is 30.5. The van der Waals surface area contributed by atoms with Gasteiger partial charge in [0.05, 0.1) is 12.8 Å². The Morgan fingerprint density at radius 1 is 0.812 bits per heavy atom. The number of hydrogen-bond donors (Lipinski definition) is 4. The van der Waals surface area contributed by atoms with Gasteiger partial charge in [0.1, 0.15) is 0 Å². The number of carbonyl (C=O) groups is 3. The van der Waals surface area contributed by atoms with Crippen LogP contribution in [0, 0.1) is 0 Å². The zero-order valence-electron chi connectivity index (χ0n) is 7.65. The smallest absolute Gasteiger partial charge is 0.336 e. The van der Waals surface area contributed by atoms with E-state index >= 15 is 0 Å². The molecule has 4 N–H and O–H groups in total. The lowest BCUT2D eigenvalue weighted by Crippen LogP contribution is -2.42. The van der Waals surface area contributed by atoms with Crippen molar-refractivity contribution in [2.75, 3.05) is 0 Å². The minimum Gasteiger partial charge on any atom is -0.481 e. The van der Waals surface area contributed by atoms with Gasteiger partial charge in [-0.3, -0.25) is 9.59 Å². The Morgan fingerprint density at radius 2 is 1.06 bits per heavy atom. The largest absolute Gasteiger partial charge is 0.481 e. The first-order valence-electron chi connectivity index (χ1n) is 3.17. The van der Waals surface area contributed by atoms with Crippen LogP contribution in [0.1, 0.15) is 12.8 Å². The van der Waals surface area contributed by atoms with Gasteiger partial charge in [0, 0.05) is 0 Å². The lowest BCUT2D eigenvalue weighted by Gasteiger charge is -2.18. The summed E-state index contributed by atoms with van der Waals surface area (Å²) in [6.07, 6.45) is -2.29. The van der Waals surface area contributed by atoms with E-state index in [9.17, 15) is 14.4 Å². The van der Waals surface area contributed by atoms with Gasteiger partial charge in [0.2, 0.25) is 0 Å². The van der Waals surface area contributed by atoms with Gasteiger partial charge in [-0.25, -0.2) is 4.79 Å². The average molecular weight is 302 g/mol. The molecule has 0 saturated carbocycles. The predicted molar refractivity (Wildman–Crippen MR) is 58.8 cm³/mol. The summed E-state index contributed by atoms with van der Waals surface area (Å²) in [5.74, 6) is -5.02. The van der Waals surface area contributed by atoms with Gasteiger partial charge in [-0.15, -0.1) is 37.2 Å². The van der Waals surface area contributed by atoms with Crippen molar-refractivity contribution in [3.63, 3.8) is 0 Å². The monoisotopic (exact) mass is 300 g/mol. The third kappa shape index (κ3) is 8.54. The van der Waals surface area contributed by atoms with Crippen molar-refractivity contribution < 1.29 is 34.8 Å². The Labute approximate surface area is 109 Å². The zero-order valence-corrected chi connectivity index (χ0v) is 10.1. The highest BCUT2D eigenvalue weighted by molar-refractivity contribution is 5.88. The van der Waals surface area contributed by atoms with Crippen LogP contribution in [0.5, 0.6) is 0 Å². The molecule has 7 nitrogen and oxygen atoms in total. The second-order valence-electron chi connectivity index (χ2n) is 2.48. The van der Waals surface area contributed by atoms with E-state index in [4.69, 9.17) is 20.4 Å². The average Bonchev–Trinajstić information content (AvgIpc) is 1.82. The maximum Gasteiger partial charge on any atom is 0.336 e. The molecule has 0 fully saturated rings. The summed E-state index contributed by atoms with van der Waals surface area (Å²) in [5, 5.41) is 33.8. The van der Waals surface area contributed by atoms with Crippen LogP contribution in [0.4, 0.5) is 0 Å². The summed E-state index contributed by atoms with van der Waals surface area (Å²) in [7, 11) is 0. The molecule has 0 amide bonds. The molecule has 0 saturated heterocycles. The maximum atomic E-state index is 10.3. The number of carboxylic acid groups (broad SMARTS) is 3. The van der Waals surface area contributed by atoms with Crippen molar-refractivity contribution in [3.05, 3.63) is 0 Å². The third-order valence-electron chi connectivity index (χ3n) is 1.29. The van der Waals surface area contributed by atoms with Gasteiger partial charge in [0.15, 0.2) is 5.60 Å². The molecule has 98 valence electrons. The van der Waals surface area contributed by atoms with Gasteiger partial charge in [0.25, 0.3) is 0 Å². The Hall–Kier alpha value is -0.760. The van der Waals surface area contributed by atoms with Gasteiger partial charge in [-0.2, -0.15) is 0 Å². The highest BCUT2D eigenvalue weighted by Crippen LogP contribution is 2.15. The van der Waals surface area contributed by atoms with Crippen molar-refractivity contribution in [3.8, 4) is 0 Å². The van der Waals surface area contributed by atoms with Crippen LogP contribution in [0.3, 0.4) is 0 Å². The summed E-state index contributed by atoms with van der Waals surface area (Å²) >= 11 is 0. The number of carboxylic acids is 3. The minimum absolute atomic E-state index is 0. The fourth-order valence-corrected chi connectivity index (χ4v) is 0.714. The number of aliphatic hydroxyl groups is 1. The molecule has 0 aliphatic rings. The highest BCUT2D eigenvalue weighted by atomic mass is 35.5. The third-order valence-corrected chi connectivity index (χ3v) is 1.29. The molecule has 0 rings (SSSR count). The van der Waals surface area contributed by atoms with Crippen molar-refractivity contribution in [2.24, 2.45) is 0 Å². The van der Waals surface area contributed by atoms with Crippen molar-refractivity contribution in [1.29, 1.82) is 0 Å². The quantitative estimate of drug-likeness (QED) is 0.562. The van der Waals surface area contributed by atoms with E-state index in [0.717, 1.165) is 0 Å². The van der Waals surface area contributed by atoms with Crippen molar-refractivity contribution >= 4 is 55.1 Å². The molecule has 10 heteroatoms. The topological polar surface area (TPSA) is 132 Å². The molecule has 0 unspecified atom stereocenters. The van der Waals surface area contributed by atoms with Crippen LogP contribution in [0.25, 0.3) is 0 Å². The number of rotatable bonds is 5. The Bertz CT molecular complexity index is 239. The van der Waals surface area contributed by atoms with Gasteiger partial charge < -0.3 is 20.4 Å². The Balaban J connectivity index is -0.000000240. The van der Waals surface area contributed by atoms with Crippen molar-refractivity contribution in [1.82, 2.24) is 0 Å². The van der Waals surface area contributed by atoms with Crippen LogP contribution in [-0.4, -0.2) is 43.9 Å². The van der Waals surface area contributed by atoms with Crippen LogP contribution in [0.2, 0.25) is 0 Å². The summed E-state index contributed by atoms with van der Waals surface area (Å²) in [6.45, 7) is 0. The molecule has 0 aromatic carbocycles. The van der Waals surface area contributed by atoms with E-state index in [0.29, 0.717) is 0 Å². The molecule has 0 radical (unpaired) electrons. The molecule has 0 aliphatic carbocycles. The molecular weight excluding hydrogens is 290 g/mol. The molecule has 16 heavy (non-hydrogen) atoms. The standard InChI is InChI=1S/C6H8O7.3ClH/c7-3(8)1-6(13,5(11)12)2-4(9)10;;;/h13H,1-2H2,(H,7,8)(H,9,10)(H,11,12);3*1H. The SMILES string of the molecule is Cl.Cl.Cl.O=C(O)CC(O)(CC(=O)O)C(=O)O. The van der Waals surface area contributed by atoms with Crippen LogP contribution < -0.4 is 0 Å². The van der Waals surface area contributed by atoms with E-state index < -0.39 is 36.4 Å². The first kappa shape index (κ1) is 24.5.